The smallest absolute Gasteiger partial charge is 0.109 e. The van der Waals surface area contributed by atoms with Crippen LogP contribution in [-0.2, 0) is 19.9 Å². The van der Waals surface area contributed by atoms with Gasteiger partial charge in [-0.25, -0.2) is 4.98 Å². The molecule has 0 fully saturated rings. The van der Waals surface area contributed by atoms with Crippen molar-refractivity contribution >= 4 is 16.5 Å². The fraction of sp³-hybridized carbons (Fsp3) is 0.200. The van der Waals surface area contributed by atoms with Crippen molar-refractivity contribution in [2.45, 2.75) is 19.3 Å². The van der Waals surface area contributed by atoms with Crippen molar-refractivity contribution in [1.29, 1.82) is 0 Å². The summed E-state index contributed by atoms with van der Waals surface area (Å²) >= 11 is 0. The first-order valence-corrected chi connectivity index (χ1v) is 8.02. The minimum Gasteiger partial charge on any atom is -0.337 e. The van der Waals surface area contributed by atoms with E-state index in [0.717, 1.165) is 42.0 Å². The number of allylic oxidation sites excluding steroid dienone is 4. The molecule has 1 aromatic carbocycles. The summed E-state index contributed by atoms with van der Waals surface area (Å²) in [7, 11) is 2.07. The van der Waals surface area contributed by atoms with Gasteiger partial charge in [-0.2, -0.15) is 0 Å². The second kappa shape index (κ2) is 5.84. The Hall–Kier alpha value is -2.68. The summed E-state index contributed by atoms with van der Waals surface area (Å²) in [6, 6.07) is 12.5. The number of imidazole rings is 1. The van der Waals surface area contributed by atoms with Crippen LogP contribution < -0.4 is 0 Å². The summed E-state index contributed by atoms with van der Waals surface area (Å²) in [5.74, 6) is 1.11. The number of nitrogens with zero attached hydrogens (tertiary/aromatic N) is 3. The van der Waals surface area contributed by atoms with Crippen molar-refractivity contribution in [3.05, 3.63) is 78.0 Å². The number of hydrogen-bond acceptors (Lipinski definition) is 2. The third kappa shape index (κ3) is 2.82. The predicted octanol–water partition coefficient (Wildman–Crippen LogP) is 4.10. The molecule has 0 bridgehead atoms. The lowest BCUT2D eigenvalue weighted by atomic mass is 10.1. The molecule has 0 saturated heterocycles. The lowest BCUT2D eigenvalue weighted by molar-refractivity contribution is 0.763. The molecule has 2 aromatic heterocycles. The van der Waals surface area contributed by atoms with Crippen molar-refractivity contribution in [2.24, 2.45) is 7.05 Å². The van der Waals surface area contributed by atoms with E-state index in [-0.39, 0.29) is 0 Å². The fourth-order valence-electron chi connectivity index (χ4n) is 3.02. The zero-order valence-corrected chi connectivity index (χ0v) is 13.2. The van der Waals surface area contributed by atoms with Gasteiger partial charge in [0.15, 0.2) is 0 Å². The third-order valence-corrected chi connectivity index (χ3v) is 4.33. The van der Waals surface area contributed by atoms with Gasteiger partial charge in [0.25, 0.3) is 0 Å². The van der Waals surface area contributed by atoms with E-state index in [2.05, 4.69) is 60.3 Å². The van der Waals surface area contributed by atoms with E-state index in [4.69, 9.17) is 9.97 Å². The lowest BCUT2D eigenvalue weighted by Crippen LogP contribution is -2.01. The lowest BCUT2D eigenvalue weighted by Gasteiger charge is -2.03. The molecular formula is C20H19N3. The summed E-state index contributed by atoms with van der Waals surface area (Å²) in [5.41, 5.74) is 4.58. The van der Waals surface area contributed by atoms with Gasteiger partial charge < -0.3 is 4.57 Å². The van der Waals surface area contributed by atoms with Crippen LogP contribution in [0.15, 0.2) is 60.8 Å². The number of hydrogen-bond donors (Lipinski definition) is 0. The van der Waals surface area contributed by atoms with Crippen LogP contribution in [0, 0.1) is 0 Å². The number of fused-ring (bicyclic) bond motifs is 1. The Kier molecular flexibility index (Phi) is 3.54. The maximum atomic E-state index is 4.80. The Balaban J connectivity index is 1.51. The molecule has 0 aliphatic heterocycles. The molecule has 114 valence electrons. The highest BCUT2D eigenvalue weighted by Gasteiger charge is 2.10. The summed E-state index contributed by atoms with van der Waals surface area (Å²) in [5, 5.41) is 1.19. The van der Waals surface area contributed by atoms with Gasteiger partial charge in [-0.1, -0.05) is 42.5 Å². The summed E-state index contributed by atoms with van der Waals surface area (Å²) in [6.07, 6.45) is 11.3. The van der Waals surface area contributed by atoms with Gasteiger partial charge in [-0.05, 0) is 30.5 Å². The molecule has 1 aliphatic carbocycles. The Morgan fingerprint density at radius 2 is 1.96 bits per heavy atom. The highest BCUT2D eigenvalue weighted by atomic mass is 15.0. The molecular weight excluding hydrogens is 282 g/mol. The van der Waals surface area contributed by atoms with E-state index in [0.29, 0.717) is 0 Å². The summed E-state index contributed by atoms with van der Waals surface area (Å²) < 4.78 is 2.13. The first kappa shape index (κ1) is 13.9. The molecule has 3 heteroatoms. The Morgan fingerprint density at radius 1 is 1.04 bits per heavy atom. The number of para-hydroxylation sites is 1. The van der Waals surface area contributed by atoms with E-state index in [1.165, 1.54) is 11.0 Å². The zero-order chi connectivity index (χ0) is 15.6. The number of aryl methyl sites for hydroxylation is 3. The standard InChI is InChI=1S/C20H19N3/c1-23-14-19(15-6-2-3-7-15)22-20(23)13-12-17-11-10-16-8-4-5-9-18(16)21-17/h2-6,8-11,14H,7,12-13H2,1H3. The van der Waals surface area contributed by atoms with Crippen LogP contribution in [0.25, 0.3) is 16.5 Å². The van der Waals surface area contributed by atoms with Gasteiger partial charge in [0.2, 0.25) is 0 Å². The minimum atomic E-state index is 0.905. The van der Waals surface area contributed by atoms with E-state index < -0.39 is 0 Å². The van der Waals surface area contributed by atoms with Gasteiger partial charge >= 0.3 is 0 Å². The van der Waals surface area contributed by atoms with E-state index in [1.807, 2.05) is 12.1 Å². The largest absolute Gasteiger partial charge is 0.337 e. The predicted molar refractivity (Wildman–Crippen MR) is 94.1 cm³/mol. The van der Waals surface area contributed by atoms with Crippen LogP contribution in [-0.4, -0.2) is 14.5 Å². The fourth-order valence-corrected chi connectivity index (χ4v) is 3.02. The first-order chi connectivity index (χ1) is 11.3. The van der Waals surface area contributed by atoms with Gasteiger partial charge in [-0.3, -0.25) is 4.98 Å². The summed E-state index contributed by atoms with van der Waals surface area (Å²) in [4.78, 5) is 9.54. The Bertz CT molecular complexity index is 916. The van der Waals surface area contributed by atoms with Gasteiger partial charge in [0, 0.05) is 30.7 Å². The highest BCUT2D eigenvalue weighted by molar-refractivity contribution is 5.78. The molecule has 0 saturated carbocycles. The number of benzene rings is 1. The highest BCUT2D eigenvalue weighted by Crippen LogP contribution is 2.22. The number of aromatic nitrogens is 3. The van der Waals surface area contributed by atoms with Gasteiger partial charge in [-0.15, -0.1) is 0 Å². The molecule has 1 aliphatic rings. The Labute approximate surface area is 136 Å². The molecule has 0 spiro atoms. The zero-order valence-electron chi connectivity index (χ0n) is 13.2. The van der Waals surface area contributed by atoms with Crippen molar-refractivity contribution in [2.75, 3.05) is 0 Å². The van der Waals surface area contributed by atoms with Crippen LogP contribution >= 0.6 is 0 Å². The molecule has 0 amide bonds. The maximum absolute atomic E-state index is 4.80. The molecule has 3 nitrogen and oxygen atoms in total. The molecule has 23 heavy (non-hydrogen) atoms. The first-order valence-electron chi connectivity index (χ1n) is 8.02. The van der Waals surface area contributed by atoms with E-state index in [1.54, 1.807) is 0 Å². The van der Waals surface area contributed by atoms with Crippen LogP contribution in [0.5, 0.6) is 0 Å². The number of pyridine rings is 1. The molecule has 3 aromatic rings. The average molecular weight is 301 g/mol. The monoisotopic (exact) mass is 301 g/mol. The minimum absolute atomic E-state index is 0.905. The quantitative estimate of drug-likeness (QED) is 0.726. The van der Waals surface area contributed by atoms with E-state index >= 15 is 0 Å². The van der Waals surface area contributed by atoms with Crippen LogP contribution in [0.4, 0.5) is 0 Å². The van der Waals surface area contributed by atoms with Crippen molar-refractivity contribution in [3.63, 3.8) is 0 Å². The normalized spacial score (nSPS) is 13.7. The van der Waals surface area contributed by atoms with Crippen molar-refractivity contribution in [1.82, 2.24) is 14.5 Å². The SMILES string of the molecule is Cn1cc(C2=CC=CC2)nc1CCc1ccc2ccccc2n1. The van der Waals surface area contributed by atoms with Crippen LogP contribution in [0.2, 0.25) is 0 Å². The maximum Gasteiger partial charge on any atom is 0.109 e. The second-order valence-electron chi connectivity index (χ2n) is 5.97. The van der Waals surface area contributed by atoms with Crippen LogP contribution in [0.1, 0.15) is 23.6 Å². The number of rotatable bonds is 4. The molecule has 4 rings (SSSR count). The molecule has 0 unspecified atom stereocenters. The Morgan fingerprint density at radius 3 is 2.83 bits per heavy atom. The van der Waals surface area contributed by atoms with Gasteiger partial charge in [0.05, 0.1) is 11.2 Å². The molecule has 0 atom stereocenters. The van der Waals surface area contributed by atoms with Crippen LogP contribution in [0.3, 0.4) is 0 Å². The molecule has 0 radical (unpaired) electrons. The third-order valence-electron chi connectivity index (χ3n) is 4.33. The van der Waals surface area contributed by atoms with Crippen molar-refractivity contribution < 1.29 is 0 Å². The average Bonchev–Trinajstić information content (AvgIpc) is 3.22. The van der Waals surface area contributed by atoms with Gasteiger partial charge in [0.1, 0.15) is 5.82 Å². The second-order valence-corrected chi connectivity index (χ2v) is 5.97. The molecule has 2 heterocycles. The topological polar surface area (TPSA) is 30.7 Å². The van der Waals surface area contributed by atoms with E-state index in [9.17, 15) is 0 Å². The molecule has 0 N–H and O–H groups in total. The summed E-state index contributed by atoms with van der Waals surface area (Å²) in [6.45, 7) is 0. The van der Waals surface area contributed by atoms with Crippen molar-refractivity contribution in [3.8, 4) is 0 Å².